The lowest BCUT2D eigenvalue weighted by molar-refractivity contribution is -0.137. The number of rotatable bonds is 2. The molecule has 3 atom stereocenters. The molecule has 2 saturated heterocycles. The van der Waals surface area contributed by atoms with E-state index in [4.69, 9.17) is 0 Å². The number of halogens is 3. The number of fused-ring (bicyclic) bond motifs is 1. The van der Waals surface area contributed by atoms with E-state index in [1.807, 2.05) is 0 Å². The summed E-state index contributed by atoms with van der Waals surface area (Å²) in [4.78, 5) is 4.61. The van der Waals surface area contributed by atoms with Gasteiger partial charge in [-0.1, -0.05) is 12.1 Å². The van der Waals surface area contributed by atoms with Crippen molar-refractivity contribution >= 4 is 0 Å². The van der Waals surface area contributed by atoms with E-state index in [1.54, 1.807) is 12.1 Å². The molecule has 1 aromatic rings. The number of hydrogen-bond donors (Lipinski definition) is 1. The van der Waals surface area contributed by atoms with Crippen LogP contribution in [0.5, 0.6) is 0 Å². The second kappa shape index (κ2) is 5.83. The van der Waals surface area contributed by atoms with Crippen molar-refractivity contribution in [2.75, 3.05) is 19.6 Å². The van der Waals surface area contributed by atoms with E-state index in [0.29, 0.717) is 18.6 Å². The fourth-order valence-corrected chi connectivity index (χ4v) is 3.53. The maximum absolute atomic E-state index is 12.6. The Hall–Kier alpha value is -1.11. The Labute approximate surface area is 128 Å². The second-order valence-electron chi connectivity index (χ2n) is 6.47. The fraction of sp³-hybridized carbons (Fsp3) is 0.625. The van der Waals surface area contributed by atoms with Crippen molar-refractivity contribution in [3.05, 3.63) is 35.4 Å². The van der Waals surface area contributed by atoms with Gasteiger partial charge in [0.2, 0.25) is 0 Å². The summed E-state index contributed by atoms with van der Waals surface area (Å²) >= 11 is 0. The van der Waals surface area contributed by atoms with Gasteiger partial charge >= 0.3 is 6.18 Å². The molecule has 122 valence electrons. The van der Waals surface area contributed by atoms with Gasteiger partial charge in [-0.05, 0) is 31.0 Å². The van der Waals surface area contributed by atoms with Crippen molar-refractivity contribution in [2.45, 2.75) is 44.3 Å². The van der Waals surface area contributed by atoms with Gasteiger partial charge in [-0.25, -0.2) is 0 Å². The molecule has 0 bridgehead atoms. The molecule has 1 N–H and O–H groups in total. The van der Waals surface area contributed by atoms with Crippen LogP contribution in [0.3, 0.4) is 0 Å². The first-order valence-corrected chi connectivity index (χ1v) is 7.65. The summed E-state index contributed by atoms with van der Waals surface area (Å²) in [7, 11) is 0. The first-order chi connectivity index (χ1) is 10.3. The van der Waals surface area contributed by atoms with E-state index in [2.05, 4.69) is 16.7 Å². The van der Waals surface area contributed by atoms with Gasteiger partial charge in [-0.2, -0.15) is 13.2 Å². The zero-order chi connectivity index (χ0) is 15.9. The van der Waals surface area contributed by atoms with Crippen LogP contribution in [-0.2, 0) is 12.7 Å². The minimum absolute atomic E-state index is 0.247. The van der Waals surface area contributed by atoms with Gasteiger partial charge in [-0.3, -0.25) is 9.80 Å². The average molecular weight is 314 g/mol. The molecule has 2 aliphatic rings. The molecule has 3 nitrogen and oxygen atoms in total. The quantitative estimate of drug-likeness (QED) is 0.908. The number of nitrogens with zero attached hydrogens (tertiary/aromatic N) is 2. The van der Waals surface area contributed by atoms with Crippen molar-refractivity contribution in [1.29, 1.82) is 0 Å². The first-order valence-electron chi connectivity index (χ1n) is 7.65. The monoisotopic (exact) mass is 314 g/mol. The summed E-state index contributed by atoms with van der Waals surface area (Å²) in [5.41, 5.74) is 0.292. The van der Waals surface area contributed by atoms with E-state index >= 15 is 0 Å². The van der Waals surface area contributed by atoms with Gasteiger partial charge in [0.15, 0.2) is 0 Å². The van der Waals surface area contributed by atoms with Crippen LogP contribution in [0.2, 0.25) is 0 Å². The number of piperazine rings is 1. The van der Waals surface area contributed by atoms with Crippen LogP contribution in [0.25, 0.3) is 0 Å². The van der Waals surface area contributed by atoms with E-state index in [9.17, 15) is 18.3 Å². The van der Waals surface area contributed by atoms with E-state index in [-0.39, 0.29) is 6.10 Å². The summed E-state index contributed by atoms with van der Waals surface area (Å²) in [6, 6.07) is 6.12. The molecule has 3 rings (SSSR count). The predicted octanol–water partition coefficient (Wildman–Crippen LogP) is 2.34. The molecule has 0 amide bonds. The first kappa shape index (κ1) is 15.8. The SMILES string of the molecule is C[C@@H]1CN2C[C@H](O)C[C@H]2CN1Cc1ccc(C(F)(F)F)cc1. The van der Waals surface area contributed by atoms with Crippen molar-refractivity contribution in [3.8, 4) is 0 Å². The third kappa shape index (κ3) is 3.29. The standard InChI is InChI=1S/C16H21F3N2O/c1-11-7-21-10-15(22)6-14(21)9-20(11)8-12-2-4-13(5-3-12)16(17,18)19/h2-5,11,14-15,22H,6-10H2,1H3/t11-,14+,15-/m1/s1. The molecule has 0 aliphatic carbocycles. The van der Waals surface area contributed by atoms with Crippen LogP contribution in [0.1, 0.15) is 24.5 Å². The molecule has 0 radical (unpaired) electrons. The zero-order valence-electron chi connectivity index (χ0n) is 12.6. The predicted molar refractivity (Wildman–Crippen MR) is 77.3 cm³/mol. The van der Waals surface area contributed by atoms with E-state index < -0.39 is 11.7 Å². The van der Waals surface area contributed by atoms with E-state index in [0.717, 1.165) is 43.8 Å². The summed E-state index contributed by atoms with van der Waals surface area (Å²) < 4.78 is 37.8. The van der Waals surface area contributed by atoms with Crippen molar-refractivity contribution in [1.82, 2.24) is 9.80 Å². The van der Waals surface area contributed by atoms with Gasteiger partial charge in [-0.15, -0.1) is 0 Å². The molecule has 0 unspecified atom stereocenters. The van der Waals surface area contributed by atoms with Gasteiger partial charge in [0.1, 0.15) is 0 Å². The smallest absolute Gasteiger partial charge is 0.392 e. The molecule has 6 heteroatoms. The highest BCUT2D eigenvalue weighted by Crippen LogP contribution is 2.30. The zero-order valence-corrected chi connectivity index (χ0v) is 12.6. The molecule has 0 saturated carbocycles. The maximum atomic E-state index is 12.6. The summed E-state index contributed by atoms with van der Waals surface area (Å²) in [5, 5.41) is 9.76. The third-order valence-electron chi connectivity index (χ3n) is 4.74. The van der Waals surface area contributed by atoms with Gasteiger partial charge in [0.05, 0.1) is 11.7 Å². The Balaban J connectivity index is 1.65. The molecule has 2 fully saturated rings. The highest BCUT2D eigenvalue weighted by Gasteiger charge is 2.38. The number of aliphatic hydroxyl groups excluding tert-OH is 1. The van der Waals surface area contributed by atoms with Crippen LogP contribution in [-0.4, -0.2) is 52.7 Å². The Morgan fingerprint density at radius 1 is 1.14 bits per heavy atom. The molecular formula is C16H21F3N2O. The normalized spacial score (nSPS) is 30.5. The van der Waals surface area contributed by atoms with Crippen molar-refractivity contribution in [2.24, 2.45) is 0 Å². The van der Waals surface area contributed by atoms with Gasteiger partial charge in [0, 0.05) is 38.3 Å². The molecule has 2 aliphatic heterocycles. The Morgan fingerprint density at radius 3 is 2.45 bits per heavy atom. The summed E-state index contributed by atoms with van der Waals surface area (Å²) in [6.45, 7) is 5.29. The van der Waals surface area contributed by atoms with E-state index in [1.165, 1.54) is 0 Å². The Morgan fingerprint density at radius 2 is 1.82 bits per heavy atom. The minimum atomic E-state index is -4.28. The summed E-state index contributed by atoms with van der Waals surface area (Å²) in [5.74, 6) is 0. The number of hydrogen-bond acceptors (Lipinski definition) is 3. The lowest BCUT2D eigenvalue weighted by Gasteiger charge is -2.42. The van der Waals surface area contributed by atoms with Crippen LogP contribution < -0.4 is 0 Å². The van der Waals surface area contributed by atoms with Gasteiger partial charge in [0.25, 0.3) is 0 Å². The molecule has 22 heavy (non-hydrogen) atoms. The minimum Gasteiger partial charge on any atom is -0.392 e. The molecule has 0 spiro atoms. The fourth-order valence-electron chi connectivity index (χ4n) is 3.53. The van der Waals surface area contributed by atoms with Crippen LogP contribution >= 0.6 is 0 Å². The Kier molecular flexibility index (Phi) is 4.18. The second-order valence-corrected chi connectivity index (χ2v) is 6.47. The van der Waals surface area contributed by atoms with Crippen LogP contribution in [0.15, 0.2) is 24.3 Å². The molecule has 0 aromatic heterocycles. The lowest BCUT2D eigenvalue weighted by Crippen LogP contribution is -2.54. The average Bonchev–Trinajstić information content (AvgIpc) is 2.78. The number of benzene rings is 1. The van der Waals surface area contributed by atoms with Crippen LogP contribution in [0.4, 0.5) is 13.2 Å². The molecule has 2 heterocycles. The maximum Gasteiger partial charge on any atom is 0.416 e. The van der Waals surface area contributed by atoms with Gasteiger partial charge < -0.3 is 5.11 Å². The highest BCUT2D eigenvalue weighted by atomic mass is 19.4. The van der Waals surface area contributed by atoms with Crippen molar-refractivity contribution in [3.63, 3.8) is 0 Å². The highest BCUT2D eigenvalue weighted by molar-refractivity contribution is 5.24. The van der Waals surface area contributed by atoms with Crippen molar-refractivity contribution < 1.29 is 18.3 Å². The summed E-state index contributed by atoms with van der Waals surface area (Å²) in [6.07, 6.45) is -3.74. The van der Waals surface area contributed by atoms with Crippen LogP contribution in [0, 0.1) is 0 Å². The number of aliphatic hydroxyl groups is 1. The number of alkyl halides is 3. The Bertz CT molecular complexity index is 517. The lowest BCUT2D eigenvalue weighted by atomic mass is 10.1. The molecular weight excluding hydrogens is 293 g/mol. The molecule has 1 aromatic carbocycles. The largest absolute Gasteiger partial charge is 0.416 e. The topological polar surface area (TPSA) is 26.7 Å². The third-order valence-corrected chi connectivity index (χ3v) is 4.74.